The summed E-state index contributed by atoms with van der Waals surface area (Å²) in [6.45, 7) is 4.34. The van der Waals surface area contributed by atoms with Crippen LogP contribution in [0.15, 0.2) is 0 Å². The summed E-state index contributed by atoms with van der Waals surface area (Å²) in [4.78, 5) is 11.7. The van der Waals surface area contributed by atoms with Crippen molar-refractivity contribution >= 4 is 5.97 Å². The molecule has 3 nitrogen and oxygen atoms in total. The zero-order valence-corrected chi connectivity index (χ0v) is 11.5. The smallest absolute Gasteiger partial charge is 0.322 e. The Hall–Kier alpha value is -0.570. The van der Waals surface area contributed by atoms with Gasteiger partial charge in [0.2, 0.25) is 0 Å². The number of carbonyl (C=O) groups excluding carboxylic acids is 1. The van der Waals surface area contributed by atoms with Crippen molar-refractivity contribution in [2.45, 2.75) is 70.9 Å². The Bertz CT molecular complexity index is 226. The summed E-state index contributed by atoms with van der Waals surface area (Å²) in [5, 5.41) is 3.49. The lowest BCUT2D eigenvalue weighted by atomic mass is 10.0. The van der Waals surface area contributed by atoms with Gasteiger partial charge in [-0.2, -0.15) is 0 Å². The third-order valence-electron chi connectivity index (χ3n) is 3.58. The van der Waals surface area contributed by atoms with Gasteiger partial charge in [0.25, 0.3) is 0 Å². The molecule has 0 saturated heterocycles. The quantitative estimate of drug-likeness (QED) is 0.631. The SMILES string of the molecule is CCCCC(NC(CC)CC1CC1)C(=O)OC. The van der Waals surface area contributed by atoms with Gasteiger partial charge in [0.05, 0.1) is 7.11 Å². The first-order chi connectivity index (χ1) is 8.21. The van der Waals surface area contributed by atoms with Crippen LogP contribution in [-0.4, -0.2) is 25.2 Å². The van der Waals surface area contributed by atoms with Crippen LogP contribution in [0.25, 0.3) is 0 Å². The lowest BCUT2D eigenvalue weighted by Crippen LogP contribution is -2.44. The lowest BCUT2D eigenvalue weighted by molar-refractivity contribution is -0.143. The molecule has 0 bridgehead atoms. The minimum atomic E-state index is -0.108. The van der Waals surface area contributed by atoms with Crippen LogP contribution >= 0.6 is 0 Å². The van der Waals surface area contributed by atoms with Crippen molar-refractivity contribution in [2.24, 2.45) is 5.92 Å². The standard InChI is InChI=1S/C14H27NO2/c1-4-6-7-13(14(16)17-3)15-12(5-2)10-11-8-9-11/h11-13,15H,4-10H2,1-3H3. The molecule has 2 unspecified atom stereocenters. The molecule has 100 valence electrons. The molecule has 1 N–H and O–H groups in total. The summed E-state index contributed by atoms with van der Waals surface area (Å²) in [6.07, 6.45) is 8.14. The maximum absolute atomic E-state index is 11.7. The van der Waals surface area contributed by atoms with Crippen LogP contribution < -0.4 is 5.32 Å². The van der Waals surface area contributed by atoms with Crippen molar-refractivity contribution < 1.29 is 9.53 Å². The first kappa shape index (κ1) is 14.5. The highest BCUT2D eigenvalue weighted by molar-refractivity contribution is 5.75. The minimum Gasteiger partial charge on any atom is -0.468 e. The summed E-state index contributed by atoms with van der Waals surface area (Å²) in [6, 6.07) is 0.368. The number of rotatable bonds is 9. The van der Waals surface area contributed by atoms with E-state index < -0.39 is 0 Å². The van der Waals surface area contributed by atoms with Gasteiger partial charge >= 0.3 is 5.97 Å². The molecule has 0 aromatic heterocycles. The van der Waals surface area contributed by atoms with Gasteiger partial charge in [0.1, 0.15) is 6.04 Å². The molecule has 0 aliphatic heterocycles. The predicted octanol–water partition coefficient (Wildman–Crippen LogP) is 2.89. The Labute approximate surface area is 105 Å². The Morgan fingerprint density at radius 2 is 2.12 bits per heavy atom. The molecule has 0 amide bonds. The zero-order valence-electron chi connectivity index (χ0n) is 11.5. The summed E-state index contributed by atoms with van der Waals surface area (Å²) in [7, 11) is 1.48. The van der Waals surface area contributed by atoms with Gasteiger partial charge in [-0.25, -0.2) is 0 Å². The van der Waals surface area contributed by atoms with E-state index in [2.05, 4.69) is 19.2 Å². The van der Waals surface area contributed by atoms with Crippen molar-refractivity contribution in [1.82, 2.24) is 5.32 Å². The molecule has 3 heteroatoms. The molecule has 1 aliphatic rings. The van der Waals surface area contributed by atoms with E-state index in [0.717, 1.165) is 31.6 Å². The molecular formula is C14H27NO2. The Morgan fingerprint density at radius 1 is 1.41 bits per heavy atom. The number of hydrogen-bond acceptors (Lipinski definition) is 3. The third kappa shape index (κ3) is 5.53. The summed E-state index contributed by atoms with van der Waals surface area (Å²) < 4.78 is 4.87. The summed E-state index contributed by atoms with van der Waals surface area (Å²) >= 11 is 0. The molecule has 0 aromatic rings. The molecule has 2 atom stereocenters. The molecule has 1 saturated carbocycles. The van der Waals surface area contributed by atoms with Crippen molar-refractivity contribution in [3.63, 3.8) is 0 Å². The zero-order chi connectivity index (χ0) is 12.7. The molecular weight excluding hydrogens is 214 g/mol. The average Bonchev–Trinajstić information content (AvgIpc) is 3.15. The Kier molecular flexibility index (Phi) is 6.56. The van der Waals surface area contributed by atoms with Gasteiger partial charge in [-0.1, -0.05) is 39.5 Å². The fourth-order valence-electron chi connectivity index (χ4n) is 2.21. The number of methoxy groups -OCH3 is 1. The van der Waals surface area contributed by atoms with Crippen LogP contribution in [-0.2, 0) is 9.53 Å². The van der Waals surface area contributed by atoms with Gasteiger partial charge in [-0.3, -0.25) is 4.79 Å². The number of hydrogen-bond donors (Lipinski definition) is 1. The molecule has 0 heterocycles. The molecule has 1 rings (SSSR count). The second-order valence-electron chi connectivity index (χ2n) is 5.17. The largest absolute Gasteiger partial charge is 0.468 e. The van der Waals surface area contributed by atoms with Crippen LogP contribution in [0.2, 0.25) is 0 Å². The van der Waals surface area contributed by atoms with Gasteiger partial charge in [-0.05, 0) is 25.2 Å². The fraction of sp³-hybridized carbons (Fsp3) is 0.929. The normalized spacial score (nSPS) is 18.8. The van der Waals surface area contributed by atoms with Gasteiger partial charge in [0, 0.05) is 6.04 Å². The molecule has 0 spiro atoms. The summed E-state index contributed by atoms with van der Waals surface area (Å²) in [5.74, 6) is 0.796. The number of carbonyl (C=O) groups is 1. The predicted molar refractivity (Wildman–Crippen MR) is 69.9 cm³/mol. The lowest BCUT2D eigenvalue weighted by Gasteiger charge is -2.23. The minimum absolute atomic E-state index is 0.104. The first-order valence-electron chi connectivity index (χ1n) is 7.05. The highest BCUT2D eigenvalue weighted by Gasteiger charge is 2.27. The molecule has 0 aromatic carbocycles. The Morgan fingerprint density at radius 3 is 2.59 bits per heavy atom. The van der Waals surface area contributed by atoms with Crippen LogP contribution in [0.1, 0.15) is 58.8 Å². The average molecular weight is 241 g/mol. The molecule has 17 heavy (non-hydrogen) atoms. The van der Waals surface area contributed by atoms with Crippen LogP contribution in [0.5, 0.6) is 0 Å². The number of unbranched alkanes of at least 4 members (excludes halogenated alkanes) is 1. The second kappa shape index (κ2) is 7.70. The summed E-state index contributed by atoms with van der Waals surface area (Å²) in [5.41, 5.74) is 0. The van der Waals surface area contributed by atoms with Crippen molar-refractivity contribution in [3.8, 4) is 0 Å². The van der Waals surface area contributed by atoms with Gasteiger partial charge in [0.15, 0.2) is 0 Å². The van der Waals surface area contributed by atoms with E-state index >= 15 is 0 Å². The van der Waals surface area contributed by atoms with E-state index in [9.17, 15) is 4.79 Å². The fourth-order valence-corrected chi connectivity index (χ4v) is 2.21. The van der Waals surface area contributed by atoms with E-state index in [-0.39, 0.29) is 12.0 Å². The van der Waals surface area contributed by atoms with E-state index in [4.69, 9.17) is 4.74 Å². The second-order valence-corrected chi connectivity index (χ2v) is 5.17. The van der Waals surface area contributed by atoms with E-state index in [1.165, 1.54) is 26.4 Å². The maximum atomic E-state index is 11.7. The van der Waals surface area contributed by atoms with Crippen LogP contribution in [0.3, 0.4) is 0 Å². The first-order valence-corrected chi connectivity index (χ1v) is 7.05. The molecule has 0 radical (unpaired) electrons. The van der Waals surface area contributed by atoms with Gasteiger partial charge in [-0.15, -0.1) is 0 Å². The number of nitrogens with one attached hydrogen (secondary N) is 1. The highest BCUT2D eigenvalue weighted by atomic mass is 16.5. The monoisotopic (exact) mass is 241 g/mol. The van der Waals surface area contributed by atoms with Crippen molar-refractivity contribution in [2.75, 3.05) is 7.11 Å². The maximum Gasteiger partial charge on any atom is 0.322 e. The third-order valence-corrected chi connectivity index (χ3v) is 3.58. The van der Waals surface area contributed by atoms with E-state index in [0.29, 0.717) is 6.04 Å². The number of esters is 1. The van der Waals surface area contributed by atoms with Crippen LogP contribution in [0.4, 0.5) is 0 Å². The topological polar surface area (TPSA) is 38.3 Å². The van der Waals surface area contributed by atoms with Gasteiger partial charge < -0.3 is 10.1 Å². The Balaban J connectivity index is 2.40. The van der Waals surface area contributed by atoms with E-state index in [1.807, 2.05) is 0 Å². The molecule has 1 fully saturated rings. The highest BCUT2D eigenvalue weighted by Crippen LogP contribution is 2.34. The van der Waals surface area contributed by atoms with Crippen molar-refractivity contribution in [1.29, 1.82) is 0 Å². The van der Waals surface area contributed by atoms with Crippen LogP contribution in [0, 0.1) is 5.92 Å². The molecule has 1 aliphatic carbocycles. The van der Waals surface area contributed by atoms with E-state index in [1.54, 1.807) is 0 Å². The number of ether oxygens (including phenoxy) is 1. The van der Waals surface area contributed by atoms with Crippen molar-refractivity contribution in [3.05, 3.63) is 0 Å².